The van der Waals surface area contributed by atoms with Crippen LogP contribution in [0, 0.1) is 0 Å². The maximum atomic E-state index is 12.9. The molecule has 1 N–H and O–H groups in total. The van der Waals surface area contributed by atoms with Crippen LogP contribution >= 0.6 is 39.1 Å². The minimum Gasteiger partial charge on any atom is -0.320 e. The normalized spacial score (nSPS) is 11.4. The monoisotopic (exact) mass is 461 g/mol. The average molecular weight is 463 g/mol. The summed E-state index contributed by atoms with van der Waals surface area (Å²) in [7, 11) is 0. The predicted octanol–water partition coefficient (Wildman–Crippen LogP) is 5.89. The van der Waals surface area contributed by atoms with Crippen molar-refractivity contribution in [3.63, 3.8) is 0 Å². The molecule has 26 heavy (non-hydrogen) atoms. The number of amides is 1. The molecule has 0 unspecified atom stereocenters. The van der Waals surface area contributed by atoms with Gasteiger partial charge in [-0.3, -0.25) is 4.79 Å². The fraction of sp³-hybridized carbons (Fsp3) is 0.0625. The fourth-order valence-electron chi connectivity index (χ4n) is 2.11. The Morgan fingerprint density at radius 1 is 1.15 bits per heavy atom. The molecule has 0 saturated heterocycles. The van der Waals surface area contributed by atoms with E-state index in [0.717, 1.165) is 34.2 Å². The van der Waals surface area contributed by atoms with Crippen LogP contribution in [0.4, 0.5) is 18.9 Å². The molecule has 0 radical (unpaired) electrons. The van der Waals surface area contributed by atoms with Crippen LogP contribution < -0.4 is 5.32 Å². The lowest BCUT2D eigenvalue weighted by molar-refractivity contribution is -0.137. The van der Waals surface area contributed by atoms with Crippen molar-refractivity contribution in [2.24, 2.45) is 0 Å². The molecule has 1 aromatic heterocycles. The number of hydrogen-bond acceptors (Lipinski definition) is 4. The number of benzene rings is 2. The quantitative estimate of drug-likeness (QED) is 0.528. The van der Waals surface area contributed by atoms with E-state index in [2.05, 4.69) is 30.8 Å². The van der Waals surface area contributed by atoms with Gasteiger partial charge >= 0.3 is 6.18 Å². The second-order valence-electron chi connectivity index (χ2n) is 5.10. The summed E-state index contributed by atoms with van der Waals surface area (Å²) in [6, 6.07) is 9.76. The lowest BCUT2D eigenvalue weighted by Gasteiger charge is -2.11. The Labute approximate surface area is 163 Å². The summed E-state index contributed by atoms with van der Waals surface area (Å²) in [6.45, 7) is 0. The number of alkyl halides is 3. The first-order valence-electron chi connectivity index (χ1n) is 7.02. The van der Waals surface area contributed by atoms with Gasteiger partial charge < -0.3 is 5.32 Å². The molecule has 3 aromatic rings. The smallest absolute Gasteiger partial charge is 0.320 e. The van der Waals surface area contributed by atoms with Crippen molar-refractivity contribution in [1.82, 2.24) is 9.59 Å². The molecule has 0 aliphatic carbocycles. The minimum atomic E-state index is -4.54. The fourth-order valence-corrected chi connectivity index (χ4v) is 3.13. The van der Waals surface area contributed by atoms with Gasteiger partial charge in [0.15, 0.2) is 0 Å². The highest BCUT2D eigenvalue weighted by molar-refractivity contribution is 9.10. The van der Waals surface area contributed by atoms with Crippen molar-refractivity contribution in [1.29, 1.82) is 0 Å². The van der Waals surface area contributed by atoms with Crippen LogP contribution in [-0.2, 0) is 6.18 Å². The van der Waals surface area contributed by atoms with Crippen molar-refractivity contribution in [2.45, 2.75) is 6.18 Å². The van der Waals surface area contributed by atoms with Crippen molar-refractivity contribution < 1.29 is 18.0 Å². The van der Waals surface area contributed by atoms with Crippen LogP contribution in [0.2, 0.25) is 5.02 Å². The van der Waals surface area contributed by atoms with E-state index in [1.807, 2.05) is 0 Å². The number of carbonyl (C=O) groups is 1. The molecule has 134 valence electrons. The maximum Gasteiger partial charge on any atom is 0.416 e. The third kappa shape index (κ3) is 4.05. The van der Waals surface area contributed by atoms with Crippen LogP contribution in [0.15, 0.2) is 46.9 Å². The number of nitrogens with zero attached hydrogens (tertiary/aromatic N) is 2. The van der Waals surface area contributed by atoms with Gasteiger partial charge in [0.05, 0.1) is 16.3 Å². The van der Waals surface area contributed by atoms with Gasteiger partial charge in [0.2, 0.25) is 0 Å². The van der Waals surface area contributed by atoms with Gasteiger partial charge in [0.25, 0.3) is 5.91 Å². The van der Waals surface area contributed by atoms with Gasteiger partial charge in [-0.1, -0.05) is 44.2 Å². The molecule has 0 atom stereocenters. The Hall–Kier alpha value is -1.97. The van der Waals surface area contributed by atoms with Crippen molar-refractivity contribution in [3.8, 4) is 11.3 Å². The van der Waals surface area contributed by atoms with Crippen molar-refractivity contribution in [2.75, 3.05) is 5.32 Å². The van der Waals surface area contributed by atoms with Crippen LogP contribution in [0.25, 0.3) is 11.3 Å². The van der Waals surface area contributed by atoms with Gasteiger partial charge in [0, 0.05) is 10.0 Å². The van der Waals surface area contributed by atoms with Gasteiger partial charge in [-0.2, -0.15) is 13.2 Å². The van der Waals surface area contributed by atoms with Crippen LogP contribution in [0.1, 0.15) is 15.2 Å². The summed E-state index contributed by atoms with van der Waals surface area (Å²) in [5.74, 6) is -0.640. The number of halogens is 5. The first-order valence-corrected chi connectivity index (χ1v) is 8.96. The maximum absolute atomic E-state index is 12.9. The molecule has 3 rings (SSSR count). The van der Waals surface area contributed by atoms with E-state index in [0.29, 0.717) is 11.3 Å². The highest BCUT2D eigenvalue weighted by Gasteiger charge is 2.31. The first-order chi connectivity index (χ1) is 12.3. The van der Waals surface area contributed by atoms with Gasteiger partial charge in [0.1, 0.15) is 10.6 Å². The van der Waals surface area contributed by atoms with Gasteiger partial charge in [-0.15, -0.1) is 5.10 Å². The Kier molecular flexibility index (Phi) is 5.31. The van der Waals surface area contributed by atoms with E-state index in [4.69, 9.17) is 11.6 Å². The second-order valence-corrected chi connectivity index (χ2v) is 7.18. The molecule has 4 nitrogen and oxygen atoms in total. The van der Waals surface area contributed by atoms with Gasteiger partial charge in [-0.25, -0.2) is 0 Å². The van der Waals surface area contributed by atoms with Crippen molar-refractivity contribution >= 4 is 50.7 Å². The molecule has 0 spiro atoms. The molecule has 0 bridgehead atoms. The summed E-state index contributed by atoms with van der Waals surface area (Å²) in [4.78, 5) is 12.7. The topological polar surface area (TPSA) is 54.9 Å². The summed E-state index contributed by atoms with van der Waals surface area (Å²) in [5, 5.41) is 6.33. The summed E-state index contributed by atoms with van der Waals surface area (Å²) in [6.07, 6.45) is -4.54. The standard InChI is InChI=1S/C16H8BrClF3N3OS/c17-10-4-1-8(2-5-10)13-14(26-24-23-13)15(25)22-12-7-9(16(19,20)21)3-6-11(12)18/h1-7H,(H,22,25). The van der Waals surface area contributed by atoms with E-state index in [1.54, 1.807) is 24.3 Å². The third-order valence-corrected chi connectivity index (χ3v) is 4.94. The Morgan fingerprint density at radius 3 is 2.50 bits per heavy atom. The van der Waals surface area contributed by atoms with Crippen LogP contribution in [-0.4, -0.2) is 15.5 Å². The number of carbonyl (C=O) groups excluding carboxylic acids is 1. The second kappa shape index (κ2) is 7.34. The Morgan fingerprint density at radius 2 is 1.85 bits per heavy atom. The Bertz CT molecular complexity index is 960. The largest absolute Gasteiger partial charge is 0.416 e. The molecule has 2 aromatic carbocycles. The summed E-state index contributed by atoms with van der Waals surface area (Å²) < 4.78 is 43.2. The summed E-state index contributed by atoms with van der Waals surface area (Å²) in [5.41, 5.74) is -0.0558. The molecule has 1 amide bonds. The van der Waals surface area contributed by atoms with E-state index in [9.17, 15) is 18.0 Å². The van der Waals surface area contributed by atoms with Crippen LogP contribution in [0.5, 0.6) is 0 Å². The minimum absolute atomic E-state index is 0.00554. The van der Waals surface area contributed by atoms with E-state index in [-0.39, 0.29) is 15.6 Å². The Balaban J connectivity index is 1.91. The van der Waals surface area contributed by atoms with Gasteiger partial charge in [-0.05, 0) is 41.9 Å². The molecule has 0 saturated carbocycles. The molecule has 0 aliphatic rings. The van der Waals surface area contributed by atoms with E-state index >= 15 is 0 Å². The summed E-state index contributed by atoms with van der Waals surface area (Å²) >= 11 is 10.1. The molecule has 10 heteroatoms. The number of aromatic nitrogens is 2. The molecule has 0 aliphatic heterocycles. The molecular weight excluding hydrogens is 455 g/mol. The average Bonchev–Trinajstić information content (AvgIpc) is 3.06. The highest BCUT2D eigenvalue weighted by atomic mass is 79.9. The molecular formula is C16H8BrClF3N3OS. The van der Waals surface area contributed by atoms with E-state index in [1.165, 1.54) is 0 Å². The predicted molar refractivity (Wildman–Crippen MR) is 97.5 cm³/mol. The zero-order valence-electron chi connectivity index (χ0n) is 12.6. The SMILES string of the molecule is O=C(Nc1cc(C(F)(F)F)ccc1Cl)c1snnc1-c1ccc(Br)cc1. The van der Waals surface area contributed by atoms with Crippen LogP contribution in [0.3, 0.4) is 0 Å². The zero-order valence-corrected chi connectivity index (χ0v) is 15.8. The van der Waals surface area contributed by atoms with E-state index < -0.39 is 17.6 Å². The van der Waals surface area contributed by atoms with Crippen molar-refractivity contribution in [3.05, 3.63) is 62.4 Å². The highest BCUT2D eigenvalue weighted by Crippen LogP contribution is 2.34. The number of anilines is 1. The number of nitrogens with one attached hydrogen (secondary N) is 1. The first kappa shape index (κ1) is 18.8. The molecule has 0 fully saturated rings. The lowest BCUT2D eigenvalue weighted by Crippen LogP contribution is -2.13. The lowest BCUT2D eigenvalue weighted by atomic mass is 10.1. The number of hydrogen-bond donors (Lipinski definition) is 1. The number of rotatable bonds is 3. The third-order valence-electron chi connectivity index (χ3n) is 3.35. The molecule has 1 heterocycles. The zero-order chi connectivity index (χ0) is 18.9.